The first kappa shape index (κ1) is 25.5. The zero-order valence-electron chi connectivity index (χ0n) is 19.8. The van der Waals surface area contributed by atoms with Crippen LogP contribution in [0.25, 0.3) is 0 Å². The van der Waals surface area contributed by atoms with Gasteiger partial charge in [-0.2, -0.15) is 0 Å². The molecule has 1 unspecified atom stereocenters. The highest BCUT2D eigenvalue weighted by Crippen LogP contribution is 2.21. The Morgan fingerprint density at radius 1 is 0.821 bits per heavy atom. The van der Waals surface area contributed by atoms with E-state index >= 15 is 0 Å². The van der Waals surface area contributed by atoms with Gasteiger partial charge in [0, 0.05) is 25.6 Å². The van der Waals surface area contributed by atoms with Crippen LogP contribution in [0.5, 0.6) is 0 Å². The molecule has 1 aliphatic rings. The zero-order valence-corrected chi connectivity index (χ0v) is 19.8. The quantitative estimate of drug-likeness (QED) is 0.232. The van der Waals surface area contributed by atoms with Crippen LogP contribution in [0.1, 0.15) is 112 Å². The molecule has 0 radical (unpaired) electrons. The lowest BCUT2D eigenvalue weighted by molar-refractivity contribution is -0.0146. The van der Waals surface area contributed by atoms with Crippen LogP contribution in [-0.4, -0.2) is 36.7 Å². The van der Waals surface area contributed by atoms with E-state index in [1.165, 1.54) is 96.7 Å². The Balaban J connectivity index is 2.35. The number of hydrogen-bond acceptors (Lipinski definition) is 2. The van der Waals surface area contributed by atoms with E-state index in [9.17, 15) is 0 Å². The molecule has 1 fully saturated rings. The van der Waals surface area contributed by atoms with Crippen molar-refractivity contribution in [2.75, 3.05) is 19.6 Å². The van der Waals surface area contributed by atoms with Crippen molar-refractivity contribution in [1.29, 1.82) is 0 Å². The van der Waals surface area contributed by atoms with Crippen LogP contribution in [0.2, 0.25) is 0 Å². The Bertz CT molecular complexity index is 410. The molecule has 1 rings (SSSR count). The molecule has 2 atom stereocenters. The summed E-state index contributed by atoms with van der Waals surface area (Å²) in [5, 5.41) is 0. The third-order valence-corrected chi connectivity index (χ3v) is 6.13. The van der Waals surface area contributed by atoms with Crippen LogP contribution in [0.15, 0.2) is 0 Å². The van der Waals surface area contributed by atoms with Crippen molar-refractivity contribution in [2.24, 2.45) is 11.8 Å². The fraction of sp³-hybridized carbons (Fsp3) is 0.923. The average Bonchev–Trinajstić information content (AvgIpc) is 2.68. The molecule has 0 amide bonds. The highest BCUT2D eigenvalue weighted by atomic mass is 16.5. The molecule has 2 heteroatoms. The summed E-state index contributed by atoms with van der Waals surface area (Å²) in [6, 6.07) is 0. The molecule has 2 nitrogen and oxygen atoms in total. The van der Waals surface area contributed by atoms with Crippen LogP contribution in [0.3, 0.4) is 0 Å². The van der Waals surface area contributed by atoms with Crippen molar-refractivity contribution in [2.45, 2.75) is 124 Å². The highest BCUT2D eigenvalue weighted by Gasteiger charge is 2.22. The summed E-state index contributed by atoms with van der Waals surface area (Å²) in [5.41, 5.74) is 0. The summed E-state index contributed by atoms with van der Waals surface area (Å²) in [6.07, 6.45) is 15.9. The van der Waals surface area contributed by atoms with E-state index in [0.717, 1.165) is 5.92 Å². The highest BCUT2D eigenvalue weighted by molar-refractivity contribution is 5.07. The van der Waals surface area contributed by atoms with Crippen LogP contribution >= 0.6 is 0 Å². The van der Waals surface area contributed by atoms with Crippen molar-refractivity contribution in [3.63, 3.8) is 0 Å². The topological polar surface area (TPSA) is 12.5 Å². The minimum atomic E-state index is 0.0787. The Hall–Kier alpha value is -0.520. The van der Waals surface area contributed by atoms with Gasteiger partial charge in [0.05, 0.1) is 6.10 Å². The molecule has 164 valence electrons. The smallest absolute Gasteiger partial charge is 0.115 e. The SMILES string of the molecule is CCCCCC(C#C[C@@H](C)OC1CCN(CC(CCC)CCC)CC1)CCC. The lowest BCUT2D eigenvalue weighted by Crippen LogP contribution is -2.40. The maximum Gasteiger partial charge on any atom is 0.115 e. The maximum atomic E-state index is 6.29. The van der Waals surface area contributed by atoms with Gasteiger partial charge < -0.3 is 9.64 Å². The Morgan fingerprint density at radius 3 is 2.04 bits per heavy atom. The summed E-state index contributed by atoms with van der Waals surface area (Å²) in [4.78, 5) is 2.68. The van der Waals surface area contributed by atoms with Crippen LogP contribution in [0, 0.1) is 23.7 Å². The average molecular weight is 392 g/mol. The van der Waals surface area contributed by atoms with Crippen molar-refractivity contribution in [3.05, 3.63) is 0 Å². The first-order chi connectivity index (χ1) is 13.6. The van der Waals surface area contributed by atoms with Crippen LogP contribution in [0.4, 0.5) is 0 Å². The van der Waals surface area contributed by atoms with Crippen molar-refractivity contribution in [3.8, 4) is 11.8 Å². The van der Waals surface area contributed by atoms with E-state index in [0.29, 0.717) is 12.0 Å². The van der Waals surface area contributed by atoms with Gasteiger partial charge in [-0.3, -0.25) is 0 Å². The van der Waals surface area contributed by atoms with Gasteiger partial charge in [0.15, 0.2) is 0 Å². The summed E-state index contributed by atoms with van der Waals surface area (Å²) in [7, 11) is 0. The van der Waals surface area contributed by atoms with Gasteiger partial charge in [0.1, 0.15) is 6.10 Å². The number of piperidine rings is 1. The van der Waals surface area contributed by atoms with E-state index in [-0.39, 0.29) is 6.10 Å². The van der Waals surface area contributed by atoms with E-state index in [2.05, 4.69) is 51.4 Å². The Kier molecular flexibility index (Phi) is 14.9. The number of nitrogens with zero attached hydrogens (tertiary/aromatic N) is 1. The fourth-order valence-electron chi connectivity index (χ4n) is 4.57. The van der Waals surface area contributed by atoms with Crippen molar-refractivity contribution >= 4 is 0 Å². The van der Waals surface area contributed by atoms with Crippen LogP contribution < -0.4 is 0 Å². The molecule has 0 N–H and O–H groups in total. The first-order valence-corrected chi connectivity index (χ1v) is 12.5. The Labute approximate surface area is 177 Å². The molecular formula is C26H49NO. The maximum absolute atomic E-state index is 6.29. The molecule has 0 aromatic carbocycles. The molecule has 0 saturated carbocycles. The lowest BCUT2D eigenvalue weighted by Gasteiger charge is -2.34. The zero-order chi connectivity index (χ0) is 20.6. The molecule has 28 heavy (non-hydrogen) atoms. The fourth-order valence-corrected chi connectivity index (χ4v) is 4.57. The summed E-state index contributed by atoms with van der Waals surface area (Å²) < 4.78 is 6.29. The molecule has 1 saturated heterocycles. The third kappa shape index (κ3) is 11.5. The monoisotopic (exact) mass is 391 g/mol. The predicted octanol–water partition coefficient (Wildman–Crippen LogP) is 7.07. The van der Waals surface area contributed by atoms with Gasteiger partial charge in [-0.1, -0.05) is 78.1 Å². The van der Waals surface area contributed by atoms with Crippen molar-refractivity contribution < 1.29 is 4.74 Å². The molecule has 1 aliphatic heterocycles. The Morgan fingerprint density at radius 2 is 1.46 bits per heavy atom. The van der Waals surface area contributed by atoms with Gasteiger partial charge in [-0.15, -0.1) is 0 Å². The molecule has 0 aromatic rings. The first-order valence-electron chi connectivity index (χ1n) is 12.5. The van der Waals surface area contributed by atoms with Gasteiger partial charge >= 0.3 is 0 Å². The van der Waals surface area contributed by atoms with Gasteiger partial charge in [-0.05, 0) is 51.4 Å². The van der Waals surface area contributed by atoms with E-state index in [4.69, 9.17) is 4.74 Å². The summed E-state index contributed by atoms with van der Waals surface area (Å²) in [5.74, 6) is 8.44. The minimum absolute atomic E-state index is 0.0787. The predicted molar refractivity (Wildman–Crippen MR) is 124 cm³/mol. The lowest BCUT2D eigenvalue weighted by atomic mass is 9.96. The molecule has 0 bridgehead atoms. The molecular weight excluding hydrogens is 342 g/mol. The largest absolute Gasteiger partial charge is 0.362 e. The van der Waals surface area contributed by atoms with E-state index in [1.807, 2.05) is 0 Å². The van der Waals surface area contributed by atoms with E-state index in [1.54, 1.807) is 0 Å². The number of rotatable bonds is 14. The second-order valence-electron chi connectivity index (χ2n) is 8.99. The summed E-state index contributed by atoms with van der Waals surface area (Å²) >= 11 is 0. The molecule has 0 spiro atoms. The molecule has 1 heterocycles. The third-order valence-electron chi connectivity index (χ3n) is 6.13. The van der Waals surface area contributed by atoms with Gasteiger partial charge in [-0.25, -0.2) is 0 Å². The molecule has 0 aliphatic carbocycles. The van der Waals surface area contributed by atoms with Gasteiger partial charge in [0.2, 0.25) is 0 Å². The minimum Gasteiger partial charge on any atom is -0.362 e. The molecule has 0 aromatic heterocycles. The van der Waals surface area contributed by atoms with E-state index < -0.39 is 0 Å². The summed E-state index contributed by atoms with van der Waals surface area (Å²) in [6.45, 7) is 15.0. The normalized spacial score (nSPS) is 18.1. The second-order valence-corrected chi connectivity index (χ2v) is 8.99. The van der Waals surface area contributed by atoms with Crippen molar-refractivity contribution in [1.82, 2.24) is 4.90 Å². The number of ether oxygens (including phenoxy) is 1. The van der Waals surface area contributed by atoms with Crippen LogP contribution in [-0.2, 0) is 4.74 Å². The number of likely N-dealkylation sites (tertiary alicyclic amines) is 1. The standard InChI is InChI=1S/C26H49NO/c1-6-10-11-15-24(12-7-2)17-16-23(5)28-26-18-20-27(21-19-26)22-25(13-8-3)14-9-4/h23-26H,6-15,18-22H2,1-5H3/t23-,24?/m1/s1. The van der Waals surface area contributed by atoms with Gasteiger partial charge in [0.25, 0.3) is 0 Å². The second kappa shape index (κ2) is 16.3. The number of unbranched alkanes of at least 4 members (excludes halogenated alkanes) is 2. The number of hydrogen-bond donors (Lipinski definition) is 0.